The fraction of sp³-hybridized carbons (Fsp3) is 0.857. The van der Waals surface area contributed by atoms with Gasteiger partial charge in [0.25, 0.3) is 0 Å². The molecule has 4 rings (SSSR count). The summed E-state index contributed by atoms with van der Waals surface area (Å²) < 4.78 is 11.1. The van der Waals surface area contributed by atoms with Gasteiger partial charge in [0.05, 0.1) is 5.60 Å². The highest BCUT2D eigenvalue weighted by Crippen LogP contribution is 2.63. The number of hydrogen-bond donors (Lipinski definition) is 0. The highest BCUT2D eigenvalue weighted by molar-refractivity contribution is 5.14. The van der Waals surface area contributed by atoms with Gasteiger partial charge in [-0.1, -0.05) is 6.08 Å². The lowest BCUT2D eigenvalue weighted by molar-refractivity contribution is -0.215. The van der Waals surface area contributed by atoms with Gasteiger partial charge in [-0.3, -0.25) is 0 Å². The number of allylic oxidation sites excluding steroid dienone is 1. The van der Waals surface area contributed by atoms with Gasteiger partial charge in [0.2, 0.25) is 0 Å². The molecule has 4 fully saturated rings. The summed E-state index contributed by atoms with van der Waals surface area (Å²) >= 11 is 0. The molecule has 0 radical (unpaired) electrons. The summed E-state index contributed by atoms with van der Waals surface area (Å²) in [7, 11) is 1.71. The predicted molar refractivity (Wildman–Crippen MR) is 63.0 cm³/mol. The Kier molecular flexibility index (Phi) is 2.41. The van der Waals surface area contributed by atoms with Crippen LogP contribution in [0.25, 0.3) is 0 Å². The largest absolute Gasteiger partial charge is 0.359 e. The topological polar surface area (TPSA) is 18.5 Å². The smallest absolute Gasteiger partial charge is 0.147 e. The fourth-order valence-electron chi connectivity index (χ4n) is 4.84. The maximum Gasteiger partial charge on any atom is 0.147 e. The Morgan fingerprint density at radius 2 is 1.94 bits per heavy atom. The van der Waals surface area contributed by atoms with E-state index in [0.717, 1.165) is 11.8 Å². The van der Waals surface area contributed by atoms with Crippen molar-refractivity contribution in [3.63, 3.8) is 0 Å². The number of hydrogen-bond acceptors (Lipinski definition) is 2. The Bertz CT molecular complexity index is 283. The van der Waals surface area contributed by atoms with Gasteiger partial charge >= 0.3 is 0 Å². The van der Waals surface area contributed by atoms with Gasteiger partial charge in [-0.05, 0) is 55.8 Å². The van der Waals surface area contributed by atoms with Crippen LogP contribution in [0.2, 0.25) is 0 Å². The molecule has 0 amide bonds. The Morgan fingerprint density at radius 1 is 1.25 bits per heavy atom. The van der Waals surface area contributed by atoms with Crippen LogP contribution in [-0.4, -0.2) is 19.5 Å². The molecule has 0 spiro atoms. The van der Waals surface area contributed by atoms with Crippen LogP contribution in [0, 0.1) is 17.3 Å². The maximum atomic E-state index is 6.05. The summed E-state index contributed by atoms with van der Waals surface area (Å²) in [5.41, 5.74) is 0.506. The Hall–Kier alpha value is -0.340. The molecule has 90 valence electrons. The van der Waals surface area contributed by atoms with Crippen molar-refractivity contribution in [3.8, 4) is 0 Å². The predicted octanol–water partition coefficient (Wildman–Crippen LogP) is 3.13. The molecule has 2 heteroatoms. The molecule has 4 aliphatic rings. The third kappa shape index (κ3) is 1.54. The van der Waals surface area contributed by atoms with E-state index in [-0.39, 0.29) is 5.60 Å². The zero-order valence-corrected chi connectivity index (χ0v) is 10.2. The summed E-state index contributed by atoms with van der Waals surface area (Å²) in [6, 6.07) is 0. The molecule has 0 saturated heterocycles. The van der Waals surface area contributed by atoms with Gasteiger partial charge in [0.15, 0.2) is 0 Å². The van der Waals surface area contributed by atoms with Gasteiger partial charge < -0.3 is 9.47 Å². The average Bonchev–Trinajstić information content (AvgIpc) is 2.25. The second kappa shape index (κ2) is 3.58. The minimum Gasteiger partial charge on any atom is -0.359 e. The quantitative estimate of drug-likeness (QED) is 0.537. The van der Waals surface area contributed by atoms with Gasteiger partial charge in [-0.15, -0.1) is 6.58 Å². The molecule has 2 nitrogen and oxygen atoms in total. The fourth-order valence-corrected chi connectivity index (χ4v) is 4.84. The first-order chi connectivity index (χ1) is 7.69. The van der Waals surface area contributed by atoms with Crippen molar-refractivity contribution in [3.05, 3.63) is 12.7 Å². The first-order valence-corrected chi connectivity index (χ1v) is 6.46. The Morgan fingerprint density at radius 3 is 2.50 bits per heavy atom. The molecule has 2 unspecified atom stereocenters. The second-order valence-corrected chi connectivity index (χ2v) is 6.26. The zero-order valence-electron chi connectivity index (χ0n) is 10.2. The Balaban J connectivity index is 1.84. The zero-order chi connectivity index (χ0) is 11.2. The molecule has 0 aromatic carbocycles. The highest BCUT2D eigenvalue weighted by Gasteiger charge is 2.57. The third-order valence-corrected chi connectivity index (χ3v) is 4.97. The van der Waals surface area contributed by atoms with Crippen molar-refractivity contribution in [2.75, 3.05) is 13.9 Å². The number of methoxy groups -OCH3 is 1. The van der Waals surface area contributed by atoms with Gasteiger partial charge in [-0.2, -0.15) is 0 Å². The summed E-state index contributed by atoms with van der Waals surface area (Å²) in [6.07, 6.45) is 10.0. The van der Waals surface area contributed by atoms with E-state index in [4.69, 9.17) is 9.47 Å². The molecular weight excluding hydrogens is 200 g/mol. The van der Waals surface area contributed by atoms with Crippen LogP contribution in [0.1, 0.15) is 38.5 Å². The minimum atomic E-state index is 0.119. The monoisotopic (exact) mass is 222 g/mol. The molecule has 16 heavy (non-hydrogen) atoms. The third-order valence-electron chi connectivity index (χ3n) is 4.97. The van der Waals surface area contributed by atoms with E-state index in [9.17, 15) is 0 Å². The molecule has 4 aliphatic carbocycles. The van der Waals surface area contributed by atoms with E-state index in [0.29, 0.717) is 12.2 Å². The first kappa shape index (κ1) is 10.8. The van der Waals surface area contributed by atoms with Crippen LogP contribution in [0.4, 0.5) is 0 Å². The normalized spacial score (nSPS) is 49.6. The summed E-state index contributed by atoms with van der Waals surface area (Å²) in [5, 5.41) is 0. The maximum absolute atomic E-state index is 6.05. The summed E-state index contributed by atoms with van der Waals surface area (Å²) in [5.74, 6) is 1.74. The molecule has 4 bridgehead atoms. The van der Waals surface area contributed by atoms with Crippen LogP contribution in [-0.2, 0) is 9.47 Å². The van der Waals surface area contributed by atoms with E-state index in [1.165, 1.54) is 38.5 Å². The van der Waals surface area contributed by atoms with E-state index < -0.39 is 0 Å². The van der Waals surface area contributed by atoms with Gasteiger partial charge in [0, 0.05) is 7.11 Å². The average molecular weight is 222 g/mol. The molecule has 0 aromatic rings. The lowest BCUT2D eigenvalue weighted by Crippen LogP contribution is -2.56. The minimum absolute atomic E-state index is 0.119. The van der Waals surface area contributed by atoms with Crippen LogP contribution in [0.3, 0.4) is 0 Å². The van der Waals surface area contributed by atoms with Gasteiger partial charge in [-0.25, -0.2) is 0 Å². The lowest BCUT2D eigenvalue weighted by Gasteiger charge is -2.60. The van der Waals surface area contributed by atoms with Gasteiger partial charge in [0.1, 0.15) is 6.79 Å². The summed E-state index contributed by atoms with van der Waals surface area (Å²) in [6.45, 7) is 4.53. The van der Waals surface area contributed by atoms with Crippen molar-refractivity contribution in [2.45, 2.75) is 44.1 Å². The van der Waals surface area contributed by atoms with Crippen LogP contribution in [0.5, 0.6) is 0 Å². The highest BCUT2D eigenvalue weighted by atomic mass is 16.7. The standard InChI is InChI=1S/C14H22O2/c1-3-13-5-11-4-12(6-13)8-14(7-11,9-13)16-10-15-2/h3,11-12H,1,4-10H2,2H3. The van der Waals surface area contributed by atoms with Crippen molar-refractivity contribution >= 4 is 0 Å². The van der Waals surface area contributed by atoms with Crippen molar-refractivity contribution in [1.82, 2.24) is 0 Å². The van der Waals surface area contributed by atoms with Crippen molar-refractivity contribution < 1.29 is 9.47 Å². The molecule has 0 heterocycles. The Labute approximate surface area is 98.0 Å². The van der Waals surface area contributed by atoms with Crippen LogP contribution >= 0.6 is 0 Å². The first-order valence-electron chi connectivity index (χ1n) is 6.46. The molecule has 0 N–H and O–H groups in total. The molecule has 0 aromatic heterocycles. The lowest BCUT2D eigenvalue weighted by atomic mass is 9.48. The summed E-state index contributed by atoms with van der Waals surface area (Å²) in [4.78, 5) is 0. The van der Waals surface area contributed by atoms with E-state index >= 15 is 0 Å². The molecule has 4 saturated carbocycles. The molecule has 2 atom stereocenters. The van der Waals surface area contributed by atoms with E-state index in [2.05, 4.69) is 12.7 Å². The number of rotatable bonds is 4. The van der Waals surface area contributed by atoms with E-state index in [1.807, 2.05) is 0 Å². The molecular formula is C14H22O2. The van der Waals surface area contributed by atoms with Crippen molar-refractivity contribution in [1.29, 1.82) is 0 Å². The number of ether oxygens (including phenoxy) is 2. The van der Waals surface area contributed by atoms with Crippen molar-refractivity contribution in [2.24, 2.45) is 17.3 Å². The molecule has 0 aliphatic heterocycles. The van der Waals surface area contributed by atoms with Crippen LogP contribution in [0.15, 0.2) is 12.7 Å². The van der Waals surface area contributed by atoms with Crippen LogP contribution < -0.4 is 0 Å². The van der Waals surface area contributed by atoms with E-state index in [1.54, 1.807) is 7.11 Å². The second-order valence-electron chi connectivity index (χ2n) is 6.26. The SMILES string of the molecule is C=CC12CC3CC(C1)CC(OCOC)(C3)C2.